The van der Waals surface area contributed by atoms with Crippen molar-refractivity contribution >= 4 is 11.6 Å². The monoisotopic (exact) mass is 224 g/mol. The molecule has 0 radical (unpaired) electrons. The van der Waals surface area contributed by atoms with Gasteiger partial charge in [-0.3, -0.25) is 0 Å². The molecule has 1 fully saturated rings. The van der Waals surface area contributed by atoms with Gasteiger partial charge in [0.15, 0.2) is 0 Å². The highest BCUT2D eigenvalue weighted by Gasteiger charge is 2.17. The van der Waals surface area contributed by atoms with Crippen LogP contribution in [0, 0.1) is 6.92 Å². The predicted octanol–water partition coefficient (Wildman–Crippen LogP) is 3.57. The van der Waals surface area contributed by atoms with E-state index in [9.17, 15) is 0 Å². The van der Waals surface area contributed by atoms with Gasteiger partial charge in [-0.2, -0.15) is 0 Å². The van der Waals surface area contributed by atoms with E-state index >= 15 is 0 Å². The van der Waals surface area contributed by atoms with Crippen LogP contribution in [0.15, 0.2) is 6.07 Å². The van der Waals surface area contributed by atoms with E-state index in [4.69, 9.17) is 11.6 Å². The third-order valence-electron chi connectivity index (χ3n) is 3.06. The maximum Gasteiger partial charge on any atom is 0.143 e. The molecule has 1 aromatic rings. The lowest BCUT2D eigenvalue weighted by Crippen LogP contribution is -2.09. The molecule has 0 saturated heterocycles. The summed E-state index contributed by atoms with van der Waals surface area (Å²) < 4.78 is 0. The van der Waals surface area contributed by atoms with E-state index in [-0.39, 0.29) is 0 Å². The molecular weight excluding hydrogens is 208 g/mol. The highest BCUT2D eigenvalue weighted by atomic mass is 35.5. The van der Waals surface area contributed by atoms with Crippen LogP contribution in [0.25, 0.3) is 0 Å². The van der Waals surface area contributed by atoms with Gasteiger partial charge >= 0.3 is 0 Å². The Morgan fingerprint density at radius 2 is 2.00 bits per heavy atom. The number of hydrogen-bond donors (Lipinski definition) is 0. The summed E-state index contributed by atoms with van der Waals surface area (Å²) in [5.41, 5.74) is 2.25. The average molecular weight is 225 g/mol. The quantitative estimate of drug-likeness (QED) is 0.718. The number of hydrogen-bond acceptors (Lipinski definition) is 2. The van der Waals surface area contributed by atoms with Crippen molar-refractivity contribution < 1.29 is 0 Å². The van der Waals surface area contributed by atoms with Crippen molar-refractivity contribution in [2.24, 2.45) is 0 Å². The molecule has 1 aliphatic rings. The number of aryl methyl sites for hydroxylation is 1. The Morgan fingerprint density at radius 3 is 2.67 bits per heavy atom. The van der Waals surface area contributed by atoms with Crippen LogP contribution in [0.2, 0.25) is 0 Å². The molecule has 1 heterocycles. The first-order chi connectivity index (χ1) is 7.29. The molecule has 0 aliphatic heterocycles. The topological polar surface area (TPSA) is 25.8 Å². The van der Waals surface area contributed by atoms with Gasteiger partial charge in [-0.25, -0.2) is 9.97 Å². The zero-order valence-electron chi connectivity index (χ0n) is 9.17. The second kappa shape index (κ2) is 4.93. The zero-order chi connectivity index (χ0) is 10.7. The summed E-state index contributed by atoms with van der Waals surface area (Å²) in [5, 5.41) is 0. The predicted molar refractivity (Wildman–Crippen MR) is 62.2 cm³/mol. The molecule has 0 atom stereocenters. The van der Waals surface area contributed by atoms with Crippen LogP contribution in [-0.2, 0) is 5.88 Å². The second-order valence-corrected chi connectivity index (χ2v) is 4.59. The molecule has 0 unspecified atom stereocenters. The molecule has 1 aromatic heterocycles. The largest absolute Gasteiger partial charge is 0.237 e. The summed E-state index contributed by atoms with van der Waals surface area (Å²) in [5.74, 6) is 1.83. The number of aromatic nitrogens is 2. The number of rotatable bonds is 2. The van der Waals surface area contributed by atoms with Gasteiger partial charge in [0.2, 0.25) is 0 Å². The van der Waals surface area contributed by atoms with Crippen LogP contribution in [0.3, 0.4) is 0 Å². The first-order valence-electron chi connectivity index (χ1n) is 5.70. The number of alkyl halides is 1. The van der Waals surface area contributed by atoms with E-state index < -0.39 is 0 Å². The van der Waals surface area contributed by atoms with Crippen LogP contribution in [-0.4, -0.2) is 9.97 Å². The molecule has 2 rings (SSSR count). The SMILES string of the molecule is Cc1cc(C2CCCCC2)nc(CCl)n1. The van der Waals surface area contributed by atoms with Crippen molar-refractivity contribution in [1.29, 1.82) is 0 Å². The van der Waals surface area contributed by atoms with E-state index in [0.717, 1.165) is 11.5 Å². The molecule has 0 amide bonds. The van der Waals surface area contributed by atoms with E-state index in [1.807, 2.05) is 6.92 Å². The molecule has 0 bridgehead atoms. The van der Waals surface area contributed by atoms with E-state index in [0.29, 0.717) is 11.8 Å². The van der Waals surface area contributed by atoms with Crippen LogP contribution < -0.4 is 0 Å². The summed E-state index contributed by atoms with van der Waals surface area (Å²) in [4.78, 5) is 8.84. The minimum absolute atomic E-state index is 0.418. The maximum atomic E-state index is 5.78. The van der Waals surface area contributed by atoms with Crippen molar-refractivity contribution in [3.05, 3.63) is 23.3 Å². The van der Waals surface area contributed by atoms with Gasteiger partial charge in [-0.1, -0.05) is 19.3 Å². The van der Waals surface area contributed by atoms with Crippen LogP contribution >= 0.6 is 11.6 Å². The Kier molecular flexibility index (Phi) is 3.57. The summed E-state index contributed by atoms with van der Waals surface area (Å²) in [6, 6.07) is 2.12. The standard InChI is InChI=1S/C12H17ClN2/c1-9-7-11(15-12(8-13)14-9)10-5-3-2-4-6-10/h7,10H,2-6,8H2,1H3. The fourth-order valence-electron chi connectivity index (χ4n) is 2.32. The number of nitrogens with zero attached hydrogens (tertiary/aromatic N) is 2. The lowest BCUT2D eigenvalue weighted by molar-refractivity contribution is 0.435. The van der Waals surface area contributed by atoms with E-state index in [1.54, 1.807) is 0 Å². The summed E-state index contributed by atoms with van der Waals surface area (Å²) in [6.45, 7) is 2.02. The molecule has 1 aliphatic carbocycles. The normalized spacial score (nSPS) is 18.0. The van der Waals surface area contributed by atoms with Gasteiger partial charge in [0.1, 0.15) is 5.82 Å². The van der Waals surface area contributed by atoms with Crippen molar-refractivity contribution in [3.63, 3.8) is 0 Å². The minimum Gasteiger partial charge on any atom is -0.237 e. The third-order valence-corrected chi connectivity index (χ3v) is 3.30. The Balaban J connectivity index is 2.22. The first-order valence-corrected chi connectivity index (χ1v) is 6.23. The Labute approximate surface area is 96.1 Å². The van der Waals surface area contributed by atoms with Gasteiger partial charge in [0.05, 0.1) is 5.88 Å². The molecule has 0 N–H and O–H groups in total. The molecule has 82 valence electrons. The Hall–Kier alpha value is -0.630. The summed E-state index contributed by atoms with van der Waals surface area (Å²) in [7, 11) is 0. The van der Waals surface area contributed by atoms with Gasteiger partial charge in [-0.15, -0.1) is 11.6 Å². The van der Waals surface area contributed by atoms with Crippen molar-refractivity contribution in [1.82, 2.24) is 9.97 Å². The highest BCUT2D eigenvalue weighted by Crippen LogP contribution is 2.31. The van der Waals surface area contributed by atoms with E-state index in [2.05, 4.69) is 16.0 Å². The molecule has 15 heavy (non-hydrogen) atoms. The minimum atomic E-state index is 0.418. The van der Waals surface area contributed by atoms with Gasteiger partial charge in [-0.05, 0) is 25.8 Å². The average Bonchev–Trinajstić information content (AvgIpc) is 2.29. The Morgan fingerprint density at radius 1 is 1.27 bits per heavy atom. The fourth-order valence-corrected chi connectivity index (χ4v) is 2.44. The third kappa shape index (κ3) is 2.69. The lowest BCUT2D eigenvalue weighted by atomic mass is 9.86. The Bertz CT molecular complexity index is 332. The second-order valence-electron chi connectivity index (χ2n) is 4.32. The smallest absolute Gasteiger partial charge is 0.143 e. The fraction of sp³-hybridized carbons (Fsp3) is 0.667. The molecule has 3 heteroatoms. The van der Waals surface area contributed by atoms with Gasteiger partial charge in [0.25, 0.3) is 0 Å². The summed E-state index contributed by atoms with van der Waals surface area (Å²) in [6.07, 6.45) is 6.60. The molecule has 0 spiro atoms. The van der Waals surface area contributed by atoms with Crippen molar-refractivity contribution in [2.45, 2.75) is 50.8 Å². The maximum absolute atomic E-state index is 5.78. The van der Waals surface area contributed by atoms with Gasteiger partial charge in [0, 0.05) is 17.3 Å². The highest BCUT2D eigenvalue weighted by molar-refractivity contribution is 6.16. The van der Waals surface area contributed by atoms with E-state index in [1.165, 1.54) is 37.8 Å². The molecule has 1 saturated carbocycles. The lowest BCUT2D eigenvalue weighted by Gasteiger charge is -2.21. The van der Waals surface area contributed by atoms with Crippen LogP contribution in [0.4, 0.5) is 0 Å². The number of halogens is 1. The van der Waals surface area contributed by atoms with Crippen LogP contribution in [0.1, 0.15) is 55.2 Å². The zero-order valence-corrected chi connectivity index (χ0v) is 9.93. The molecule has 0 aromatic carbocycles. The van der Waals surface area contributed by atoms with Crippen LogP contribution in [0.5, 0.6) is 0 Å². The van der Waals surface area contributed by atoms with Crippen molar-refractivity contribution in [3.8, 4) is 0 Å². The first kappa shape index (κ1) is 10.9. The van der Waals surface area contributed by atoms with Gasteiger partial charge < -0.3 is 0 Å². The summed E-state index contributed by atoms with van der Waals surface area (Å²) >= 11 is 5.78. The molecular formula is C12H17ClN2. The van der Waals surface area contributed by atoms with Crippen molar-refractivity contribution in [2.75, 3.05) is 0 Å². The molecule has 2 nitrogen and oxygen atoms in total.